The molecule has 0 saturated carbocycles. The molecular formula is C20H26N4OS. The molecule has 2 heterocycles. The Hall–Kier alpha value is -2.08. The first-order valence-corrected chi connectivity index (χ1v) is 10.0. The average molecular weight is 371 g/mol. The molecule has 1 saturated heterocycles. The molecule has 138 valence electrons. The van der Waals surface area contributed by atoms with Crippen LogP contribution < -0.4 is 10.2 Å². The molecule has 1 aromatic heterocycles. The zero-order valence-corrected chi connectivity index (χ0v) is 16.4. The largest absolute Gasteiger partial charge is 0.356 e. The van der Waals surface area contributed by atoms with Gasteiger partial charge in [0.1, 0.15) is 17.2 Å². The van der Waals surface area contributed by atoms with E-state index in [9.17, 15) is 4.79 Å². The van der Waals surface area contributed by atoms with Crippen LogP contribution in [0.15, 0.2) is 41.7 Å². The van der Waals surface area contributed by atoms with Crippen molar-refractivity contribution in [1.29, 1.82) is 0 Å². The number of thioether (sulfide) groups is 1. The van der Waals surface area contributed by atoms with E-state index in [0.717, 1.165) is 29.6 Å². The van der Waals surface area contributed by atoms with Gasteiger partial charge in [0, 0.05) is 24.8 Å². The first-order chi connectivity index (χ1) is 12.5. The van der Waals surface area contributed by atoms with Crippen LogP contribution in [0.3, 0.4) is 0 Å². The van der Waals surface area contributed by atoms with Crippen LogP contribution in [-0.4, -0.2) is 34.7 Å². The fourth-order valence-corrected chi connectivity index (χ4v) is 4.07. The zero-order chi connectivity index (χ0) is 18.5. The Balaban J connectivity index is 1.56. The number of hydrogen-bond donors (Lipinski definition) is 1. The maximum absolute atomic E-state index is 12.2. The van der Waals surface area contributed by atoms with Crippen LogP contribution in [0.4, 0.5) is 11.5 Å². The van der Waals surface area contributed by atoms with E-state index >= 15 is 0 Å². The van der Waals surface area contributed by atoms with Gasteiger partial charge >= 0.3 is 0 Å². The van der Waals surface area contributed by atoms with Crippen LogP contribution in [-0.2, 0) is 4.79 Å². The summed E-state index contributed by atoms with van der Waals surface area (Å²) in [6.45, 7) is 8.65. The molecule has 2 aromatic rings. The lowest BCUT2D eigenvalue weighted by molar-refractivity contribution is -0.113. The first-order valence-electron chi connectivity index (χ1n) is 9.06. The van der Waals surface area contributed by atoms with Crippen LogP contribution in [0.25, 0.3) is 0 Å². The van der Waals surface area contributed by atoms with Gasteiger partial charge in [0.2, 0.25) is 5.91 Å². The second kappa shape index (κ2) is 8.54. The molecular weight excluding hydrogens is 344 g/mol. The van der Waals surface area contributed by atoms with Crippen molar-refractivity contribution in [3.8, 4) is 0 Å². The van der Waals surface area contributed by atoms with E-state index in [1.54, 1.807) is 6.33 Å². The summed E-state index contributed by atoms with van der Waals surface area (Å²) in [6, 6.07) is 9.80. The molecule has 1 amide bonds. The molecule has 1 N–H and O–H groups in total. The molecule has 6 heteroatoms. The zero-order valence-electron chi connectivity index (χ0n) is 15.6. The minimum absolute atomic E-state index is 0.0285. The monoisotopic (exact) mass is 370 g/mol. The van der Waals surface area contributed by atoms with Crippen molar-refractivity contribution < 1.29 is 4.79 Å². The third-order valence-electron chi connectivity index (χ3n) is 4.51. The smallest absolute Gasteiger partial charge is 0.234 e. The van der Waals surface area contributed by atoms with E-state index in [2.05, 4.69) is 34.0 Å². The molecule has 0 bridgehead atoms. The number of amides is 1. The van der Waals surface area contributed by atoms with Crippen molar-refractivity contribution >= 4 is 29.2 Å². The van der Waals surface area contributed by atoms with Crippen LogP contribution in [0.2, 0.25) is 0 Å². The predicted octanol–water partition coefficient (Wildman–Crippen LogP) is 4.00. The Morgan fingerprint density at radius 3 is 2.58 bits per heavy atom. The molecule has 3 rings (SSSR count). The van der Waals surface area contributed by atoms with Gasteiger partial charge in [-0.2, -0.15) is 0 Å². The summed E-state index contributed by atoms with van der Waals surface area (Å²) in [4.78, 5) is 23.2. The molecule has 5 nitrogen and oxygen atoms in total. The van der Waals surface area contributed by atoms with Crippen molar-refractivity contribution in [2.45, 2.75) is 32.2 Å². The summed E-state index contributed by atoms with van der Waals surface area (Å²) >= 11 is 1.44. The number of nitrogens with zero attached hydrogens (tertiary/aromatic N) is 3. The van der Waals surface area contributed by atoms with Gasteiger partial charge in [-0.3, -0.25) is 4.79 Å². The van der Waals surface area contributed by atoms with Crippen molar-refractivity contribution in [3.63, 3.8) is 0 Å². The number of piperidine rings is 1. The van der Waals surface area contributed by atoms with E-state index in [4.69, 9.17) is 0 Å². The normalized spacial score (nSPS) is 20.0. The fraction of sp³-hybridized carbons (Fsp3) is 0.450. The quantitative estimate of drug-likeness (QED) is 0.637. The third kappa shape index (κ3) is 5.21. The molecule has 0 radical (unpaired) electrons. The van der Waals surface area contributed by atoms with Crippen LogP contribution in [0, 0.1) is 18.8 Å². The van der Waals surface area contributed by atoms with E-state index in [1.165, 1.54) is 23.7 Å². The summed E-state index contributed by atoms with van der Waals surface area (Å²) < 4.78 is 0. The number of rotatable bonds is 5. The molecule has 1 aromatic carbocycles. The van der Waals surface area contributed by atoms with Crippen molar-refractivity contribution in [2.24, 2.45) is 11.8 Å². The predicted molar refractivity (Wildman–Crippen MR) is 108 cm³/mol. The lowest BCUT2D eigenvalue weighted by Gasteiger charge is -2.35. The van der Waals surface area contributed by atoms with Gasteiger partial charge in [-0.25, -0.2) is 9.97 Å². The van der Waals surface area contributed by atoms with Crippen molar-refractivity contribution in [2.75, 3.05) is 29.1 Å². The Bertz CT molecular complexity index is 740. The number of carbonyl (C=O) groups is 1. The van der Waals surface area contributed by atoms with Crippen molar-refractivity contribution in [1.82, 2.24) is 9.97 Å². The van der Waals surface area contributed by atoms with Gasteiger partial charge in [0.05, 0.1) is 5.75 Å². The van der Waals surface area contributed by atoms with Gasteiger partial charge in [-0.1, -0.05) is 43.3 Å². The summed E-state index contributed by atoms with van der Waals surface area (Å²) in [6.07, 6.45) is 2.86. The summed E-state index contributed by atoms with van der Waals surface area (Å²) in [5.41, 5.74) is 1.99. The van der Waals surface area contributed by atoms with Crippen LogP contribution >= 0.6 is 11.8 Å². The number of carbonyl (C=O) groups excluding carboxylic acids is 1. The Kier molecular flexibility index (Phi) is 6.14. The number of aromatic nitrogens is 2. The molecule has 26 heavy (non-hydrogen) atoms. The highest BCUT2D eigenvalue weighted by atomic mass is 32.2. The maximum atomic E-state index is 12.2. The van der Waals surface area contributed by atoms with Gasteiger partial charge in [-0.05, 0) is 37.3 Å². The SMILES string of the molecule is Cc1ccc(NC(=O)CSc2cc(N3CC(C)CC(C)C3)ncn2)cc1. The molecule has 0 aliphatic carbocycles. The number of benzene rings is 1. The minimum Gasteiger partial charge on any atom is -0.356 e. The van der Waals surface area contributed by atoms with Crippen LogP contribution in [0.1, 0.15) is 25.8 Å². The molecule has 1 aliphatic rings. The number of aryl methyl sites for hydroxylation is 1. The van der Waals surface area contributed by atoms with Crippen molar-refractivity contribution in [3.05, 3.63) is 42.2 Å². The third-order valence-corrected chi connectivity index (χ3v) is 5.43. The van der Waals surface area contributed by atoms with E-state index in [1.807, 2.05) is 37.3 Å². The Morgan fingerprint density at radius 1 is 1.19 bits per heavy atom. The molecule has 2 atom stereocenters. The maximum Gasteiger partial charge on any atom is 0.234 e. The standard InChI is InChI=1S/C20H26N4OS/c1-14-4-6-17(7-5-14)23-19(25)12-26-20-9-18(21-13-22-20)24-10-15(2)8-16(3)11-24/h4-7,9,13,15-16H,8,10-12H2,1-3H3,(H,23,25). The van der Waals surface area contributed by atoms with E-state index in [0.29, 0.717) is 17.6 Å². The Morgan fingerprint density at radius 2 is 1.88 bits per heavy atom. The molecule has 1 fully saturated rings. The first kappa shape index (κ1) is 18.7. The summed E-state index contributed by atoms with van der Waals surface area (Å²) in [5.74, 6) is 2.60. The van der Waals surface area contributed by atoms with Gasteiger partial charge in [0.25, 0.3) is 0 Å². The topological polar surface area (TPSA) is 58.1 Å². The summed E-state index contributed by atoms with van der Waals surface area (Å²) in [5, 5.41) is 3.75. The fourth-order valence-electron chi connectivity index (χ4n) is 3.41. The van der Waals surface area contributed by atoms with E-state index < -0.39 is 0 Å². The number of anilines is 2. The highest BCUT2D eigenvalue weighted by Crippen LogP contribution is 2.27. The summed E-state index contributed by atoms with van der Waals surface area (Å²) in [7, 11) is 0. The highest BCUT2D eigenvalue weighted by molar-refractivity contribution is 7.99. The molecule has 1 aliphatic heterocycles. The number of nitrogens with one attached hydrogen (secondary N) is 1. The highest BCUT2D eigenvalue weighted by Gasteiger charge is 2.23. The van der Waals surface area contributed by atoms with Gasteiger partial charge in [-0.15, -0.1) is 0 Å². The lowest BCUT2D eigenvalue weighted by atomic mass is 9.92. The second-order valence-corrected chi connectivity index (χ2v) is 8.26. The van der Waals surface area contributed by atoms with Crippen LogP contribution in [0.5, 0.6) is 0 Å². The molecule has 0 spiro atoms. The minimum atomic E-state index is -0.0285. The second-order valence-electron chi connectivity index (χ2n) is 7.27. The average Bonchev–Trinajstić information content (AvgIpc) is 2.61. The van der Waals surface area contributed by atoms with E-state index in [-0.39, 0.29) is 5.91 Å². The van der Waals surface area contributed by atoms with Gasteiger partial charge in [0.15, 0.2) is 0 Å². The number of hydrogen-bond acceptors (Lipinski definition) is 5. The lowest BCUT2D eigenvalue weighted by Crippen LogP contribution is -2.39. The Labute approximate surface area is 159 Å². The molecule has 2 unspecified atom stereocenters. The van der Waals surface area contributed by atoms with Gasteiger partial charge < -0.3 is 10.2 Å².